The quantitative estimate of drug-likeness (QED) is 0.712. The van der Waals surface area contributed by atoms with Gasteiger partial charge in [-0.05, 0) is 44.2 Å². The van der Waals surface area contributed by atoms with Crippen molar-refractivity contribution in [2.24, 2.45) is 0 Å². The molecule has 1 saturated heterocycles. The minimum Gasteiger partial charge on any atom is -0.378 e. The van der Waals surface area contributed by atoms with Gasteiger partial charge < -0.3 is 19.5 Å². The van der Waals surface area contributed by atoms with Crippen molar-refractivity contribution in [2.75, 3.05) is 36.5 Å². The van der Waals surface area contributed by atoms with Crippen LogP contribution < -0.4 is 15.1 Å². The highest BCUT2D eigenvalue weighted by Crippen LogP contribution is 2.26. The van der Waals surface area contributed by atoms with Crippen molar-refractivity contribution >= 4 is 28.7 Å². The fourth-order valence-electron chi connectivity index (χ4n) is 3.33. The van der Waals surface area contributed by atoms with Gasteiger partial charge in [0.2, 0.25) is 5.95 Å². The molecule has 0 bridgehead atoms. The van der Waals surface area contributed by atoms with Gasteiger partial charge in [0, 0.05) is 42.9 Å². The molecule has 0 saturated carbocycles. The van der Waals surface area contributed by atoms with Crippen molar-refractivity contribution in [1.82, 2.24) is 14.5 Å². The highest BCUT2D eigenvalue weighted by molar-refractivity contribution is 7.13. The van der Waals surface area contributed by atoms with E-state index < -0.39 is 0 Å². The fourth-order valence-corrected chi connectivity index (χ4v) is 4.36. The predicted molar refractivity (Wildman–Crippen MR) is 113 cm³/mol. The van der Waals surface area contributed by atoms with Gasteiger partial charge >= 0.3 is 4.87 Å². The van der Waals surface area contributed by atoms with Crippen LogP contribution >= 0.6 is 11.3 Å². The summed E-state index contributed by atoms with van der Waals surface area (Å²) in [5.41, 5.74) is 3.81. The number of nitrogens with zero attached hydrogens (tertiary/aromatic N) is 4. The van der Waals surface area contributed by atoms with Gasteiger partial charge in [-0.1, -0.05) is 11.3 Å². The summed E-state index contributed by atoms with van der Waals surface area (Å²) < 4.78 is 7.17. The first-order valence-corrected chi connectivity index (χ1v) is 10.2. The predicted octanol–water partition coefficient (Wildman–Crippen LogP) is 3.28. The summed E-state index contributed by atoms with van der Waals surface area (Å²) in [6.45, 7) is 7.95. The first-order valence-electron chi connectivity index (χ1n) is 9.39. The third-order valence-electron chi connectivity index (χ3n) is 4.85. The smallest absolute Gasteiger partial charge is 0.307 e. The number of ether oxygens (including phenoxy) is 1. The zero-order chi connectivity index (χ0) is 19.5. The summed E-state index contributed by atoms with van der Waals surface area (Å²) >= 11 is 1.23. The Hall–Kier alpha value is -2.71. The lowest BCUT2D eigenvalue weighted by Crippen LogP contribution is -2.36. The molecule has 28 heavy (non-hydrogen) atoms. The van der Waals surface area contributed by atoms with E-state index in [1.807, 2.05) is 32.0 Å². The van der Waals surface area contributed by atoms with Crippen LogP contribution in [0.4, 0.5) is 17.3 Å². The SMILES string of the molecule is CCn1c(C)c(-c2ccnc(Nc3ccc(N4CCOCC4)cc3)n2)sc1=O. The maximum atomic E-state index is 12.1. The number of rotatable bonds is 5. The highest BCUT2D eigenvalue weighted by Gasteiger charge is 2.14. The van der Waals surface area contributed by atoms with Crippen LogP contribution in [0.2, 0.25) is 0 Å². The van der Waals surface area contributed by atoms with E-state index in [9.17, 15) is 4.79 Å². The van der Waals surface area contributed by atoms with E-state index >= 15 is 0 Å². The molecule has 2 aromatic heterocycles. The molecule has 0 atom stereocenters. The lowest BCUT2D eigenvalue weighted by molar-refractivity contribution is 0.122. The molecule has 1 aliphatic rings. The standard InChI is InChI=1S/C20H23N5O2S/c1-3-25-14(2)18(28-20(25)26)17-8-9-21-19(23-17)22-15-4-6-16(7-5-15)24-10-12-27-13-11-24/h4-9H,3,10-13H2,1-2H3,(H,21,22,23). The van der Waals surface area contributed by atoms with Gasteiger partial charge in [-0.25, -0.2) is 9.97 Å². The Labute approximate surface area is 167 Å². The number of benzene rings is 1. The van der Waals surface area contributed by atoms with Crippen molar-refractivity contribution in [3.63, 3.8) is 0 Å². The zero-order valence-corrected chi connectivity index (χ0v) is 16.8. The molecule has 8 heteroatoms. The van der Waals surface area contributed by atoms with Crippen LogP contribution in [0.3, 0.4) is 0 Å². The van der Waals surface area contributed by atoms with Crippen molar-refractivity contribution < 1.29 is 4.74 Å². The average Bonchev–Trinajstić information content (AvgIpc) is 3.03. The normalized spacial score (nSPS) is 14.3. The number of aromatic nitrogens is 3. The Balaban J connectivity index is 1.53. The minimum atomic E-state index is 0.0434. The van der Waals surface area contributed by atoms with E-state index in [1.165, 1.54) is 17.0 Å². The summed E-state index contributed by atoms with van der Waals surface area (Å²) in [5.74, 6) is 0.514. The first-order chi connectivity index (χ1) is 13.7. The van der Waals surface area contributed by atoms with Crippen molar-refractivity contribution in [2.45, 2.75) is 20.4 Å². The maximum absolute atomic E-state index is 12.1. The summed E-state index contributed by atoms with van der Waals surface area (Å²) in [4.78, 5) is 24.3. The van der Waals surface area contributed by atoms with E-state index in [1.54, 1.807) is 10.8 Å². The number of anilines is 3. The van der Waals surface area contributed by atoms with E-state index in [0.717, 1.165) is 48.3 Å². The molecular weight excluding hydrogens is 374 g/mol. The monoisotopic (exact) mass is 397 g/mol. The maximum Gasteiger partial charge on any atom is 0.307 e. The second-order valence-corrected chi connectivity index (χ2v) is 7.53. The summed E-state index contributed by atoms with van der Waals surface area (Å²) in [5, 5.41) is 3.25. The molecule has 7 nitrogen and oxygen atoms in total. The molecule has 0 spiro atoms. The van der Waals surface area contributed by atoms with Gasteiger partial charge in [0.05, 0.1) is 23.8 Å². The van der Waals surface area contributed by atoms with Crippen molar-refractivity contribution in [3.8, 4) is 10.6 Å². The molecule has 1 fully saturated rings. The van der Waals surface area contributed by atoms with E-state index in [0.29, 0.717) is 12.5 Å². The van der Waals surface area contributed by atoms with E-state index in [2.05, 4.69) is 32.3 Å². The summed E-state index contributed by atoms with van der Waals surface area (Å²) in [7, 11) is 0. The molecular formula is C20H23N5O2S. The third kappa shape index (κ3) is 3.79. The Morgan fingerprint density at radius 3 is 2.61 bits per heavy atom. The second-order valence-electron chi connectivity index (χ2n) is 6.56. The summed E-state index contributed by atoms with van der Waals surface area (Å²) in [6, 6.07) is 10.1. The molecule has 0 unspecified atom stereocenters. The average molecular weight is 398 g/mol. The fraction of sp³-hybridized carbons (Fsp3) is 0.350. The van der Waals surface area contributed by atoms with Gasteiger partial charge in [-0.15, -0.1) is 0 Å². The van der Waals surface area contributed by atoms with Crippen LogP contribution in [0, 0.1) is 6.92 Å². The van der Waals surface area contributed by atoms with Crippen LogP contribution in [-0.4, -0.2) is 40.8 Å². The number of thiazole rings is 1. The first kappa shape index (κ1) is 18.6. The van der Waals surface area contributed by atoms with Gasteiger partial charge in [-0.3, -0.25) is 4.79 Å². The molecule has 146 valence electrons. The topological polar surface area (TPSA) is 72.3 Å². The van der Waals surface area contributed by atoms with Gasteiger partial charge in [0.1, 0.15) is 0 Å². The van der Waals surface area contributed by atoms with Crippen molar-refractivity contribution in [3.05, 3.63) is 51.9 Å². The number of morpholine rings is 1. The number of hydrogen-bond donors (Lipinski definition) is 1. The van der Waals surface area contributed by atoms with Crippen LogP contribution in [0.15, 0.2) is 41.3 Å². The molecule has 1 aromatic carbocycles. The van der Waals surface area contributed by atoms with Gasteiger partial charge in [0.15, 0.2) is 0 Å². The summed E-state index contributed by atoms with van der Waals surface area (Å²) in [6.07, 6.45) is 1.71. The highest BCUT2D eigenvalue weighted by atomic mass is 32.1. The number of nitrogens with one attached hydrogen (secondary N) is 1. The Bertz CT molecular complexity index is 1010. The van der Waals surface area contributed by atoms with E-state index in [4.69, 9.17) is 4.74 Å². The molecule has 0 aliphatic carbocycles. The molecule has 0 radical (unpaired) electrons. The Kier molecular flexibility index (Phi) is 5.40. The number of hydrogen-bond acceptors (Lipinski definition) is 7. The minimum absolute atomic E-state index is 0.0434. The van der Waals surface area contributed by atoms with Gasteiger partial charge in [0.25, 0.3) is 0 Å². The molecule has 3 aromatic rings. The molecule has 3 heterocycles. The van der Waals surface area contributed by atoms with Crippen LogP contribution in [0.5, 0.6) is 0 Å². The Morgan fingerprint density at radius 1 is 1.18 bits per heavy atom. The van der Waals surface area contributed by atoms with Crippen molar-refractivity contribution in [1.29, 1.82) is 0 Å². The lowest BCUT2D eigenvalue weighted by Gasteiger charge is -2.28. The molecule has 0 amide bonds. The largest absolute Gasteiger partial charge is 0.378 e. The van der Waals surface area contributed by atoms with Crippen LogP contribution in [0.1, 0.15) is 12.6 Å². The molecule has 1 N–H and O–H groups in total. The Morgan fingerprint density at radius 2 is 1.93 bits per heavy atom. The molecule has 1 aliphatic heterocycles. The van der Waals surface area contributed by atoms with Crippen LogP contribution in [-0.2, 0) is 11.3 Å². The third-order valence-corrected chi connectivity index (χ3v) is 5.95. The van der Waals surface area contributed by atoms with Gasteiger partial charge in [-0.2, -0.15) is 0 Å². The van der Waals surface area contributed by atoms with E-state index in [-0.39, 0.29) is 4.87 Å². The second kappa shape index (κ2) is 8.12. The molecule has 4 rings (SSSR count). The lowest BCUT2D eigenvalue weighted by atomic mass is 10.2. The zero-order valence-electron chi connectivity index (χ0n) is 16.0. The van der Waals surface area contributed by atoms with Crippen LogP contribution in [0.25, 0.3) is 10.6 Å².